The molecule has 1 aliphatic carbocycles. The first-order chi connectivity index (χ1) is 22.8. The van der Waals surface area contributed by atoms with Gasteiger partial charge in [-0.1, -0.05) is 26.7 Å². The molecule has 254 valence electrons. The van der Waals surface area contributed by atoms with Crippen LogP contribution in [0.25, 0.3) is 0 Å². The van der Waals surface area contributed by atoms with Crippen LogP contribution in [-0.2, 0) is 14.3 Å². The van der Waals surface area contributed by atoms with Crippen molar-refractivity contribution in [3.8, 4) is 0 Å². The van der Waals surface area contributed by atoms with Gasteiger partial charge in [-0.3, -0.25) is 14.4 Å². The minimum absolute atomic E-state index is 0.0265. The number of thiazole rings is 1. The summed E-state index contributed by atoms with van der Waals surface area (Å²) in [5, 5.41) is 6.43. The Morgan fingerprint density at radius 2 is 1.60 bits per heavy atom. The van der Waals surface area contributed by atoms with E-state index in [1.807, 2.05) is 24.3 Å². The third-order valence-corrected chi connectivity index (χ3v) is 12.0. The van der Waals surface area contributed by atoms with Gasteiger partial charge in [0, 0.05) is 81.5 Å². The lowest BCUT2D eigenvalue weighted by atomic mass is 9.91. The second-order valence-corrected chi connectivity index (χ2v) is 15.2. The van der Waals surface area contributed by atoms with Gasteiger partial charge in [-0.05, 0) is 56.0 Å². The van der Waals surface area contributed by atoms with Gasteiger partial charge in [0.15, 0.2) is 10.9 Å². The highest BCUT2D eigenvalue weighted by Gasteiger charge is 2.54. The van der Waals surface area contributed by atoms with E-state index in [1.54, 1.807) is 16.2 Å². The molecular formula is C35H49N7O4S. The van der Waals surface area contributed by atoms with Crippen LogP contribution in [0.5, 0.6) is 0 Å². The van der Waals surface area contributed by atoms with Gasteiger partial charge in [0.25, 0.3) is 5.91 Å². The van der Waals surface area contributed by atoms with Gasteiger partial charge in [0.2, 0.25) is 5.91 Å². The molecule has 4 saturated heterocycles. The number of benzene rings is 1. The number of nitrogens with one attached hydrogen (secondary N) is 1. The first-order valence-corrected chi connectivity index (χ1v) is 18.4. The molecule has 0 bridgehead atoms. The summed E-state index contributed by atoms with van der Waals surface area (Å²) in [6.07, 6.45) is 3.66. The van der Waals surface area contributed by atoms with Crippen molar-refractivity contribution in [3.63, 3.8) is 0 Å². The van der Waals surface area contributed by atoms with Crippen LogP contribution in [0.3, 0.4) is 0 Å². The van der Waals surface area contributed by atoms with Gasteiger partial charge >= 0.3 is 0 Å². The van der Waals surface area contributed by atoms with E-state index in [0.29, 0.717) is 18.0 Å². The van der Waals surface area contributed by atoms with Crippen molar-refractivity contribution < 1.29 is 19.1 Å². The SMILES string of the molecule is CC(C)[C@H]1CN(C(=O)[C@@H](NC(=O)c2ccc(N3CCN(c4csc(N5CCN(C)CC5)n4)CC3)cc2)C2CCCC2)[C@@H]2C(=O)CO[C@H]12. The maximum Gasteiger partial charge on any atom is 0.251 e. The monoisotopic (exact) mass is 663 g/mol. The molecule has 47 heavy (non-hydrogen) atoms. The van der Waals surface area contributed by atoms with Crippen LogP contribution in [0.2, 0.25) is 0 Å². The number of likely N-dealkylation sites (N-methyl/N-ethyl adjacent to an activating group) is 1. The van der Waals surface area contributed by atoms with Crippen LogP contribution in [0.15, 0.2) is 29.6 Å². The van der Waals surface area contributed by atoms with E-state index < -0.39 is 12.1 Å². The van der Waals surface area contributed by atoms with Crippen LogP contribution >= 0.6 is 11.3 Å². The Balaban J connectivity index is 0.969. The molecule has 12 heteroatoms. The highest BCUT2D eigenvalue weighted by Crippen LogP contribution is 2.38. The summed E-state index contributed by atoms with van der Waals surface area (Å²) in [6, 6.07) is 6.58. The van der Waals surface area contributed by atoms with Crippen LogP contribution < -0.4 is 20.0 Å². The number of ketones is 1. The summed E-state index contributed by atoms with van der Waals surface area (Å²) in [6.45, 7) is 12.5. The zero-order chi connectivity index (χ0) is 32.7. The van der Waals surface area contributed by atoms with Gasteiger partial charge in [-0.15, -0.1) is 11.3 Å². The summed E-state index contributed by atoms with van der Waals surface area (Å²) in [7, 11) is 2.17. The molecule has 1 saturated carbocycles. The predicted molar refractivity (Wildman–Crippen MR) is 184 cm³/mol. The van der Waals surface area contributed by atoms with E-state index in [4.69, 9.17) is 9.72 Å². The molecule has 1 aromatic heterocycles. The quantitative estimate of drug-likeness (QED) is 0.457. The lowest BCUT2D eigenvalue weighted by Gasteiger charge is -2.36. The Kier molecular flexibility index (Phi) is 9.44. The molecule has 5 heterocycles. The van der Waals surface area contributed by atoms with E-state index >= 15 is 0 Å². The topological polar surface area (TPSA) is 102 Å². The van der Waals surface area contributed by atoms with Gasteiger partial charge in [-0.2, -0.15) is 0 Å². The second kappa shape index (κ2) is 13.7. The fraction of sp³-hybridized carbons (Fsp3) is 0.657. The number of rotatable bonds is 8. The summed E-state index contributed by atoms with van der Waals surface area (Å²) in [5.74, 6) is 1.15. The average Bonchev–Trinajstić information content (AvgIpc) is 3.91. The number of amides is 2. The lowest BCUT2D eigenvalue weighted by molar-refractivity contribution is -0.139. The molecular weight excluding hydrogens is 614 g/mol. The van der Waals surface area contributed by atoms with Crippen LogP contribution in [0.4, 0.5) is 16.6 Å². The minimum Gasteiger partial charge on any atom is -0.368 e. The standard InChI is InChI=1S/C35H49N7O4S/c1-23(2)27-20-42(31-28(43)21-46-32(27)31)34(45)30(24-6-4-5-7-24)37-33(44)25-8-10-26(11-9-25)39-16-18-40(19-17-39)29-22-47-35(36-29)41-14-12-38(3)13-15-41/h8-11,22-24,27,30-32H,4-7,12-21H2,1-3H3,(H,37,44)/t27-,30+,31-,32-/m1/s1. The first kappa shape index (κ1) is 32.3. The highest BCUT2D eigenvalue weighted by atomic mass is 32.1. The van der Waals surface area contributed by atoms with Crippen molar-refractivity contribution in [1.29, 1.82) is 0 Å². The Morgan fingerprint density at radius 3 is 2.28 bits per heavy atom. The molecule has 7 rings (SSSR count). The largest absolute Gasteiger partial charge is 0.368 e. The summed E-state index contributed by atoms with van der Waals surface area (Å²) in [4.78, 5) is 56.7. The van der Waals surface area contributed by atoms with Crippen LogP contribution in [0, 0.1) is 17.8 Å². The normalized spacial score (nSPS) is 26.4. The van der Waals surface area contributed by atoms with E-state index in [2.05, 4.69) is 51.2 Å². The fourth-order valence-corrected chi connectivity index (χ4v) is 9.04. The predicted octanol–water partition coefficient (Wildman–Crippen LogP) is 2.96. The molecule has 0 radical (unpaired) electrons. The van der Waals surface area contributed by atoms with Crippen LogP contribution in [-0.4, -0.2) is 123 Å². The molecule has 1 aromatic carbocycles. The Morgan fingerprint density at radius 1 is 0.936 bits per heavy atom. The fourth-order valence-electron chi connectivity index (χ4n) is 8.15. The molecule has 5 fully saturated rings. The zero-order valence-electron chi connectivity index (χ0n) is 28.0. The number of hydrogen-bond acceptors (Lipinski definition) is 10. The number of carbonyl (C=O) groups is 3. The van der Waals surface area contributed by atoms with E-state index in [1.165, 1.54) is 0 Å². The van der Waals surface area contributed by atoms with Gasteiger partial charge < -0.3 is 34.6 Å². The van der Waals surface area contributed by atoms with Crippen molar-refractivity contribution in [2.24, 2.45) is 17.8 Å². The minimum atomic E-state index is -0.639. The number of ether oxygens (including phenoxy) is 1. The van der Waals surface area contributed by atoms with Gasteiger partial charge in [-0.25, -0.2) is 4.98 Å². The van der Waals surface area contributed by atoms with E-state index in [-0.39, 0.29) is 42.1 Å². The maximum atomic E-state index is 14.1. The summed E-state index contributed by atoms with van der Waals surface area (Å²) < 4.78 is 5.87. The third kappa shape index (κ3) is 6.61. The number of anilines is 3. The molecule has 2 amide bonds. The van der Waals surface area contributed by atoms with Crippen molar-refractivity contribution >= 4 is 45.6 Å². The van der Waals surface area contributed by atoms with Crippen LogP contribution in [0.1, 0.15) is 49.9 Å². The van der Waals surface area contributed by atoms with Gasteiger partial charge in [0.05, 0.1) is 6.10 Å². The average molecular weight is 664 g/mol. The Bertz CT molecular complexity index is 1430. The highest BCUT2D eigenvalue weighted by molar-refractivity contribution is 7.14. The number of hydrogen-bond donors (Lipinski definition) is 1. The number of nitrogens with zero attached hydrogens (tertiary/aromatic N) is 6. The summed E-state index contributed by atoms with van der Waals surface area (Å²) >= 11 is 1.74. The van der Waals surface area contributed by atoms with Gasteiger partial charge in [0.1, 0.15) is 24.5 Å². The lowest BCUT2D eigenvalue weighted by Crippen LogP contribution is -2.54. The van der Waals surface area contributed by atoms with E-state index in [0.717, 1.165) is 94.7 Å². The molecule has 4 atom stereocenters. The number of likely N-dealkylation sites (tertiary alicyclic amines) is 1. The Hall–Kier alpha value is -3.22. The molecule has 0 spiro atoms. The Labute approximate surface area is 282 Å². The zero-order valence-corrected chi connectivity index (χ0v) is 28.8. The molecule has 1 N–H and O–H groups in total. The third-order valence-electron chi connectivity index (χ3n) is 11.1. The van der Waals surface area contributed by atoms with E-state index in [9.17, 15) is 14.4 Å². The number of aromatic nitrogens is 1. The molecule has 4 aliphatic heterocycles. The molecule has 11 nitrogen and oxygen atoms in total. The maximum absolute atomic E-state index is 14.1. The molecule has 5 aliphatic rings. The van der Waals surface area contributed by atoms with Crippen molar-refractivity contribution in [3.05, 3.63) is 35.2 Å². The van der Waals surface area contributed by atoms with Crippen molar-refractivity contribution in [2.75, 3.05) is 87.3 Å². The molecule has 0 unspecified atom stereocenters. The first-order valence-electron chi connectivity index (χ1n) is 17.5. The van der Waals surface area contributed by atoms with Crippen molar-refractivity contribution in [2.45, 2.75) is 57.7 Å². The second-order valence-electron chi connectivity index (χ2n) is 14.4. The smallest absolute Gasteiger partial charge is 0.251 e. The number of Topliss-reactive ketones (excluding diaryl/α,β-unsaturated/α-hetero) is 1. The number of carbonyl (C=O) groups excluding carboxylic acids is 3. The molecule has 2 aromatic rings. The number of fused-ring (bicyclic) bond motifs is 1. The summed E-state index contributed by atoms with van der Waals surface area (Å²) in [5.41, 5.74) is 1.63. The van der Waals surface area contributed by atoms with Crippen molar-refractivity contribution in [1.82, 2.24) is 20.1 Å². The number of piperazine rings is 2.